The molecule has 3 nitrogen and oxygen atoms in total. The maximum Gasteiger partial charge on any atom is 0.227 e. The Morgan fingerprint density at radius 2 is 1.54 bits per heavy atom. The third kappa shape index (κ3) is 3.58. The number of carbonyl (C=O) groups is 1. The molecule has 1 amide bonds. The Hall–Kier alpha value is -2.36. The van der Waals surface area contributed by atoms with E-state index < -0.39 is 0 Å². The molecule has 24 heavy (non-hydrogen) atoms. The summed E-state index contributed by atoms with van der Waals surface area (Å²) in [6, 6.07) is 12.5. The second kappa shape index (κ2) is 7.04. The summed E-state index contributed by atoms with van der Waals surface area (Å²) < 4.78 is 12.9. The van der Waals surface area contributed by atoms with Crippen molar-refractivity contribution in [2.75, 3.05) is 31.1 Å². The quantitative estimate of drug-likeness (QED) is 0.864. The van der Waals surface area contributed by atoms with Crippen molar-refractivity contribution < 1.29 is 9.18 Å². The van der Waals surface area contributed by atoms with Gasteiger partial charge in [-0.25, -0.2) is 4.39 Å². The number of aryl methyl sites for hydroxylation is 2. The van der Waals surface area contributed by atoms with Crippen LogP contribution in [-0.4, -0.2) is 37.0 Å². The van der Waals surface area contributed by atoms with Crippen LogP contribution in [0.4, 0.5) is 10.1 Å². The van der Waals surface area contributed by atoms with Crippen LogP contribution in [0.25, 0.3) is 0 Å². The average Bonchev–Trinajstić information content (AvgIpc) is 2.57. The molecule has 126 valence electrons. The third-order valence-corrected chi connectivity index (χ3v) is 4.66. The molecule has 0 unspecified atom stereocenters. The number of rotatable bonds is 3. The van der Waals surface area contributed by atoms with Gasteiger partial charge in [-0.3, -0.25) is 4.79 Å². The molecule has 0 bridgehead atoms. The van der Waals surface area contributed by atoms with Crippen LogP contribution >= 0.6 is 0 Å². The Labute approximate surface area is 142 Å². The van der Waals surface area contributed by atoms with E-state index in [0.29, 0.717) is 6.42 Å². The summed E-state index contributed by atoms with van der Waals surface area (Å²) in [5.74, 6) is -0.156. The lowest BCUT2D eigenvalue weighted by Gasteiger charge is -2.37. The van der Waals surface area contributed by atoms with Crippen LogP contribution in [0.5, 0.6) is 0 Å². The maximum absolute atomic E-state index is 12.9. The number of carbonyl (C=O) groups excluding carboxylic acids is 1. The molecule has 3 rings (SSSR count). The highest BCUT2D eigenvalue weighted by atomic mass is 19.1. The standard InChI is InChI=1S/C20H23FN2O/c1-15-4-3-5-16(2)20(15)23-12-10-22(11-13-23)19(24)14-17-6-8-18(21)9-7-17/h3-9H,10-14H2,1-2H3. The van der Waals surface area contributed by atoms with E-state index in [1.54, 1.807) is 12.1 Å². The van der Waals surface area contributed by atoms with E-state index in [2.05, 4.69) is 36.9 Å². The van der Waals surface area contributed by atoms with Gasteiger partial charge in [0, 0.05) is 31.9 Å². The van der Waals surface area contributed by atoms with Crippen LogP contribution in [0, 0.1) is 19.7 Å². The first-order chi connectivity index (χ1) is 11.5. The van der Waals surface area contributed by atoms with E-state index in [9.17, 15) is 9.18 Å². The normalized spacial score (nSPS) is 14.8. The highest BCUT2D eigenvalue weighted by Gasteiger charge is 2.22. The van der Waals surface area contributed by atoms with Crippen LogP contribution in [-0.2, 0) is 11.2 Å². The zero-order valence-electron chi connectivity index (χ0n) is 14.3. The summed E-state index contributed by atoms with van der Waals surface area (Å²) in [5, 5.41) is 0. The van der Waals surface area contributed by atoms with Crippen molar-refractivity contribution in [2.24, 2.45) is 0 Å². The van der Waals surface area contributed by atoms with E-state index in [1.165, 1.54) is 28.9 Å². The highest BCUT2D eigenvalue weighted by molar-refractivity contribution is 5.79. The highest BCUT2D eigenvalue weighted by Crippen LogP contribution is 2.25. The Morgan fingerprint density at radius 1 is 0.958 bits per heavy atom. The molecular formula is C20H23FN2O. The first-order valence-electron chi connectivity index (χ1n) is 8.38. The zero-order valence-corrected chi connectivity index (χ0v) is 14.3. The van der Waals surface area contributed by atoms with Gasteiger partial charge in [0.25, 0.3) is 0 Å². The fourth-order valence-corrected chi connectivity index (χ4v) is 3.37. The average molecular weight is 326 g/mol. The summed E-state index contributed by atoms with van der Waals surface area (Å²) in [6.45, 7) is 7.42. The summed E-state index contributed by atoms with van der Waals surface area (Å²) in [5.41, 5.74) is 4.71. The summed E-state index contributed by atoms with van der Waals surface area (Å²) in [4.78, 5) is 16.7. The van der Waals surface area contributed by atoms with Crippen LogP contribution in [0.3, 0.4) is 0 Å². The number of para-hydroxylation sites is 1. The summed E-state index contributed by atoms with van der Waals surface area (Å²) >= 11 is 0. The van der Waals surface area contributed by atoms with Crippen molar-refractivity contribution in [3.63, 3.8) is 0 Å². The molecule has 0 radical (unpaired) electrons. The van der Waals surface area contributed by atoms with Crippen LogP contribution < -0.4 is 4.90 Å². The van der Waals surface area contributed by atoms with E-state index in [0.717, 1.165) is 31.7 Å². The van der Waals surface area contributed by atoms with Gasteiger partial charge in [-0.1, -0.05) is 30.3 Å². The molecule has 0 spiro atoms. The van der Waals surface area contributed by atoms with Crippen LogP contribution in [0.15, 0.2) is 42.5 Å². The Bertz CT molecular complexity index is 699. The molecular weight excluding hydrogens is 303 g/mol. The summed E-state index contributed by atoms with van der Waals surface area (Å²) in [7, 11) is 0. The second-order valence-corrected chi connectivity index (χ2v) is 6.41. The van der Waals surface area contributed by atoms with Gasteiger partial charge in [0.05, 0.1) is 6.42 Å². The predicted octanol–water partition coefficient (Wildman–Crippen LogP) is 3.33. The lowest BCUT2D eigenvalue weighted by atomic mass is 10.1. The van der Waals surface area contributed by atoms with Crippen molar-refractivity contribution in [3.8, 4) is 0 Å². The number of piperazine rings is 1. The van der Waals surface area contributed by atoms with E-state index in [4.69, 9.17) is 0 Å². The smallest absolute Gasteiger partial charge is 0.227 e. The zero-order chi connectivity index (χ0) is 17.1. The molecule has 0 saturated carbocycles. The molecule has 4 heteroatoms. The molecule has 0 aliphatic carbocycles. The minimum absolute atomic E-state index is 0.114. The van der Waals surface area contributed by atoms with Gasteiger partial charge in [0.2, 0.25) is 5.91 Å². The van der Waals surface area contributed by atoms with Gasteiger partial charge in [-0.15, -0.1) is 0 Å². The second-order valence-electron chi connectivity index (χ2n) is 6.41. The van der Waals surface area contributed by atoms with Gasteiger partial charge >= 0.3 is 0 Å². The largest absolute Gasteiger partial charge is 0.368 e. The molecule has 0 aromatic heterocycles. The summed E-state index contributed by atoms with van der Waals surface area (Å²) in [6.07, 6.45) is 0.337. The number of hydrogen-bond acceptors (Lipinski definition) is 2. The molecule has 0 N–H and O–H groups in total. The molecule has 1 saturated heterocycles. The van der Waals surface area contributed by atoms with Crippen molar-refractivity contribution in [2.45, 2.75) is 20.3 Å². The Balaban J connectivity index is 1.60. The number of anilines is 1. The first kappa shape index (κ1) is 16.5. The first-order valence-corrected chi connectivity index (χ1v) is 8.38. The van der Waals surface area contributed by atoms with Crippen molar-refractivity contribution in [3.05, 3.63) is 65.0 Å². The SMILES string of the molecule is Cc1cccc(C)c1N1CCN(C(=O)Cc2ccc(F)cc2)CC1. The van der Waals surface area contributed by atoms with Gasteiger partial charge in [-0.2, -0.15) is 0 Å². The molecule has 1 fully saturated rings. The topological polar surface area (TPSA) is 23.6 Å². The van der Waals surface area contributed by atoms with E-state index in [-0.39, 0.29) is 11.7 Å². The fraction of sp³-hybridized carbons (Fsp3) is 0.350. The van der Waals surface area contributed by atoms with E-state index in [1.807, 2.05) is 4.90 Å². The minimum atomic E-state index is -0.270. The number of amides is 1. The van der Waals surface area contributed by atoms with Gasteiger partial charge < -0.3 is 9.80 Å². The fourth-order valence-electron chi connectivity index (χ4n) is 3.37. The number of nitrogens with zero attached hydrogens (tertiary/aromatic N) is 2. The van der Waals surface area contributed by atoms with Crippen LogP contribution in [0.1, 0.15) is 16.7 Å². The maximum atomic E-state index is 12.9. The van der Waals surface area contributed by atoms with Gasteiger partial charge in [-0.05, 0) is 42.7 Å². The molecule has 0 atom stereocenters. The van der Waals surface area contributed by atoms with Crippen LogP contribution in [0.2, 0.25) is 0 Å². The lowest BCUT2D eigenvalue weighted by molar-refractivity contribution is -0.130. The minimum Gasteiger partial charge on any atom is -0.368 e. The van der Waals surface area contributed by atoms with Gasteiger partial charge in [0.1, 0.15) is 5.82 Å². The van der Waals surface area contributed by atoms with Gasteiger partial charge in [0.15, 0.2) is 0 Å². The molecule has 1 aliphatic rings. The molecule has 2 aromatic carbocycles. The number of hydrogen-bond donors (Lipinski definition) is 0. The Kier molecular flexibility index (Phi) is 4.84. The third-order valence-electron chi connectivity index (χ3n) is 4.66. The van der Waals surface area contributed by atoms with Crippen molar-refractivity contribution in [1.82, 2.24) is 4.90 Å². The van der Waals surface area contributed by atoms with Crippen molar-refractivity contribution in [1.29, 1.82) is 0 Å². The Morgan fingerprint density at radius 3 is 2.12 bits per heavy atom. The predicted molar refractivity (Wildman–Crippen MR) is 94.8 cm³/mol. The van der Waals surface area contributed by atoms with E-state index >= 15 is 0 Å². The number of halogens is 1. The lowest BCUT2D eigenvalue weighted by Crippen LogP contribution is -2.49. The molecule has 1 heterocycles. The molecule has 2 aromatic rings. The number of benzene rings is 2. The monoisotopic (exact) mass is 326 g/mol. The van der Waals surface area contributed by atoms with Crippen molar-refractivity contribution >= 4 is 11.6 Å². The molecule has 1 aliphatic heterocycles.